The van der Waals surface area contributed by atoms with Gasteiger partial charge in [-0.3, -0.25) is 9.08 Å². The van der Waals surface area contributed by atoms with Gasteiger partial charge < -0.3 is 9.64 Å². The highest BCUT2D eigenvalue weighted by Gasteiger charge is 2.36. The van der Waals surface area contributed by atoms with E-state index in [0.29, 0.717) is 19.2 Å². The van der Waals surface area contributed by atoms with Gasteiger partial charge in [-0.2, -0.15) is 8.42 Å². The molecule has 0 N–H and O–H groups in total. The van der Waals surface area contributed by atoms with Crippen LogP contribution in [0.15, 0.2) is 42.7 Å². The Bertz CT molecular complexity index is 969. The lowest BCUT2D eigenvalue weighted by molar-refractivity contribution is -0.0939. The van der Waals surface area contributed by atoms with E-state index in [-0.39, 0.29) is 18.8 Å². The van der Waals surface area contributed by atoms with Crippen molar-refractivity contribution in [3.63, 3.8) is 0 Å². The first-order valence-corrected chi connectivity index (χ1v) is 13.0. The molecule has 1 aromatic heterocycles. The van der Waals surface area contributed by atoms with Gasteiger partial charge in [0.1, 0.15) is 0 Å². The summed E-state index contributed by atoms with van der Waals surface area (Å²) in [5, 5.41) is 0.721. The molecule has 0 amide bonds. The SMILES string of the molecule is CS(=O)(=O)OC[C@H]1CN(C2CCN(c3ncccn3)CC2)[C@@H](Cc2ccc(Cl)cc2)CO1. The van der Waals surface area contributed by atoms with Crippen molar-refractivity contribution in [1.29, 1.82) is 0 Å². The summed E-state index contributed by atoms with van der Waals surface area (Å²) < 4.78 is 33.9. The molecular formula is C22H29ClN4O4S. The predicted molar refractivity (Wildman–Crippen MR) is 123 cm³/mol. The fourth-order valence-electron chi connectivity index (χ4n) is 4.45. The van der Waals surface area contributed by atoms with Crippen LogP contribution in [-0.2, 0) is 25.5 Å². The molecule has 0 unspecified atom stereocenters. The number of morpholine rings is 1. The molecule has 32 heavy (non-hydrogen) atoms. The maximum atomic E-state index is 11.4. The average Bonchev–Trinajstić information content (AvgIpc) is 2.80. The fourth-order valence-corrected chi connectivity index (χ4v) is 4.97. The summed E-state index contributed by atoms with van der Waals surface area (Å²) in [6, 6.07) is 10.3. The lowest BCUT2D eigenvalue weighted by Gasteiger charge is -2.46. The number of aromatic nitrogens is 2. The Labute approximate surface area is 194 Å². The van der Waals surface area contributed by atoms with Crippen molar-refractivity contribution in [2.75, 3.05) is 44.0 Å². The van der Waals surface area contributed by atoms with Crippen LogP contribution in [0.25, 0.3) is 0 Å². The van der Waals surface area contributed by atoms with E-state index < -0.39 is 10.1 Å². The van der Waals surface area contributed by atoms with Gasteiger partial charge in [0.25, 0.3) is 10.1 Å². The van der Waals surface area contributed by atoms with E-state index >= 15 is 0 Å². The highest BCUT2D eigenvalue weighted by Crippen LogP contribution is 2.26. The van der Waals surface area contributed by atoms with Gasteiger partial charge in [0.2, 0.25) is 5.95 Å². The third-order valence-corrected chi connectivity index (χ3v) is 6.85. The Morgan fingerprint density at radius 2 is 1.84 bits per heavy atom. The summed E-state index contributed by atoms with van der Waals surface area (Å²) in [5.74, 6) is 0.769. The molecule has 2 fully saturated rings. The number of halogens is 1. The number of ether oxygens (including phenoxy) is 1. The monoisotopic (exact) mass is 480 g/mol. The van der Waals surface area contributed by atoms with Crippen molar-refractivity contribution in [2.24, 2.45) is 0 Å². The molecule has 0 spiro atoms. The molecule has 2 aliphatic rings. The van der Waals surface area contributed by atoms with Crippen LogP contribution in [0, 0.1) is 0 Å². The van der Waals surface area contributed by atoms with Gasteiger partial charge in [-0.15, -0.1) is 0 Å². The van der Waals surface area contributed by atoms with Crippen LogP contribution in [0.5, 0.6) is 0 Å². The minimum atomic E-state index is -3.50. The molecule has 4 rings (SSSR count). The van der Waals surface area contributed by atoms with E-state index in [2.05, 4.69) is 31.9 Å². The first-order chi connectivity index (χ1) is 15.4. The number of anilines is 1. The Morgan fingerprint density at radius 3 is 2.50 bits per heavy atom. The molecule has 2 atom stereocenters. The smallest absolute Gasteiger partial charge is 0.264 e. The zero-order valence-corrected chi connectivity index (χ0v) is 19.7. The van der Waals surface area contributed by atoms with E-state index in [1.165, 1.54) is 5.56 Å². The second-order valence-corrected chi connectivity index (χ2v) is 10.5. The normalized spacial score (nSPS) is 23.4. The lowest BCUT2D eigenvalue weighted by Crippen LogP contribution is -2.58. The summed E-state index contributed by atoms with van der Waals surface area (Å²) in [5.41, 5.74) is 1.20. The molecular weight excluding hydrogens is 452 g/mol. The summed E-state index contributed by atoms with van der Waals surface area (Å²) in [4.78, 5) is 13.4. The summed E-state index contributed by atoms with van der Waals surface area (Å²) in [6.07, 6.45) is 7.14. The number of rotatable bonds is 7. The van der Waals surface area contributed by atoms with Crippen LogP contribution < -0.4 is 4.90 Å². The Balaban J connectivity index is 1.43. The lowest BCUT2D eigenvalue weighted by atomic mass is 9.96. The second-order valence-electron chi connectivity index (χ2n) is 8.39. The minimum Gasteiger partial charge on any atom is -0.373 e. The second kappa shape index (κ2) is 10.4. The molecule has 0 saturated carbocycles. The number of nitrogens with zero attached hydrogens (tertiary/aromatic N) is 4. The minimum absolute atomic E-state index is 0.0414. The topological polar surface area (TPSA) is 84.9 Å². The van der Waals surface area contributed by atoms with Gasteiger partial charge in [0, 0.05) is 49.1 Å². The first kappa shape index (κ1) is 23.4. The largest absolute Gasteiger partial charge is 0.373 e. The number of hydrogen-bond acceptors (Lipinski definition) is 8. The molecule has 8 nitrogen and oxygen atoms in total. The molecule has 0 aliphatic carbocycles. The average molecular weight is 481 g/mol. The van der Waals surface area contributed by atoms with Gasteiger partial charge >= 0.3 is 0 Å². The van der Waals surface area contributed by atoms with E-state index in [1.807, 2.05) is 18.2 Å². The van der Waals surface area contributed by atoms with Crippen molar-refractivity contribution in [1.82, 2.24) is 14.9 Å². The zero-order valence-electron chi connectivity index (χ0n) is 18.1. The summed E-state index contributed by atoms with van der Waals surface area (Å²) in [7, 11) is -3.50. The first-order valence-electron chi connectivity index (χ1n) is 10.9. The summed E-state index contributed by atoms with van der Waals surface area (Å²) in [6.45, 7) is 2.97. The van der Waals surface area contributed by atoms with Crippen LogP contribution in [0.4, 0.5) is 5.95 Å². The van der Waals surface area contributed by atoms with Crippen molar-refractivity contribution in [3.8, 4) is 0 Å². The third kappa shape index (κ3) is 6.39. The maximum absolute atomic E-state index is 11.4. The van der Waals surface area contributed by atoms with Crippen molar-refractivity contribution < 1.29 is 17.3 Å². The van der Waals surface area contributed by atoms with Crippen LogP contribution >= 0.6 is 11.6 Å². The van der Waals surface area contributed by atoms with Crippen molar-refractivity contribution in [2.45, 2.75) is 37.5 Å². The molecule has 3 heterocycles. The molecule has 0 radical (unpaired) electrons. The van der Waals surface area contributed by atoms with Crippen LogP contribution in [0.3, 0.4) is 0 Å². The quantitative estimate of drug-likeness (QED) is 0.558. The highest BCUT2D eigenvalue weighted by atomic mass is 35.5. The van der Waals surface area contributed by atoms with Gasteiger partial charge in [0.05, 0.1) is 25.6 Å². The van der Waals surface area contributed by atoms with Crippen LogP contribution in [0.1, 0.15) is 18.4 Å². The van der Waals surface area contributed by atoms with Crippen molar-refractivity contribution in [3.05, 3.63) is 53.3 Å². The van der Waals surface area contributed by atoms with Crippen LogP contribution in [-0.4, -0.2) is 80.6 Å². The molecule has 2 saturated heterocycles. The highest BCUT2D eigenvalue weighted by molar-refractivity contribution is 7.85. The molecule has 0 bridgehead atoms. The maximum Gasteiger partial charge on any atom is 0.264 e. The van der Waals surface area contributed by atoms with E-state index in [9.17, 15) is 8.42 Å². The number of piperidine rings is 1. The van der Waals surface area contributed by atoms with E-state index in [1.54, 1.807) is 12.4 Å². The Hall–Kier alpha value is -1.78. The standard InChI is InChI=1S/C22H29ClN4O4S/c1-32(28,29)31-16-21-14-27(20(15-30-21)13-17-3-5-18(23)6-4-17)19-7-11-26(12-8-19)22-24-9-2-10-25-22/h2-6,9-10,19-21H,7-8,11-16H2,1H3/t20-,21+/m0/s1. The van der Waals surface area contributed by atoms with Gasteiger partial charge in [-0.25, -0.2) is 9.97 Å². The van der Waals surface area contributed by atoms with Gasteiger partial charge in [-0.1, -0.05) is 23.7 Å². The molecule has 10 heteroatoms. The fraction of sp³-hybridized carbons (Fsp3) is 0.545. The number of benzene rings is 1. The van der Waals surface area contributed by atoms with E-state index in [4.69, 9.17) is 20.5 Å². The molecule has 174 valence electrons. The molecule has 2 aromatic rings. The van der Waals surface area contributed by atoms with E-state index in [0.717, 1.165) is 49.6 Å². The van der Waals surface area contributed by atoms with Crippen LogP contribution in [0.2, 0.25) is 5.02 Å². The third-order valence-electron chi connectivity index (χ3n) is 6.03. The van der Waals surface area contributed by atoms with Gasteiger partial charge in [0.15, 0.2) is 0 Å². The Morgan fingerprint density at radius 1 is 1.16 bits per heavy atom. The zero-order chi connectivity index (χ0) is 22.6. The van der Waals surface area contributed by atoms with Crippen molar-refractivity contribution >= 4 is 27.7 Å². The Kier molecular flexibility index (Phi) is 7.63. The van der Waals surface area contributed by atoms with Gasteiger partial charge in [-0.05, 0) is 43.0 Å². The number of hydrogen-bond donors (Lipinski definition) is 0. The molecule has 1 aromatic carbocycles. The molecule has 2 aliphatic heterocycles. The predicted octanol–water partition coefficient (Wildman–Crippen LogP) is 2.39. The summed E-state index contributed by atoms with van der Waals surface area (Å²) >= 11 is 6.05.